The molecule has 0 heterocycles. The maximum atomic E-state index is 2.41. The summed E-state index contributed by atoms with van der Waals surface area (Å²) in [6.45, 7) is 0. The lowest BCUT2D eigenvalue weighted by Crippen LogP contribution is -1.89. The summed E-state index contributed by atoms with van der Waals surface area (Å²) in [7, 11) is 0. The standard InChI is InChI=1S/C56H34.2C44H28/c1-5-15-46-35(11-1)21-27-42-32-53(48-17-7-9-19-50(48)55(42)46)41-26-24-37-29-40(25-23-38(37)30-41)52-34-44(31-39-13-3-4-14-45(39)52)54-33-43-28-22-36-12-2-6-16-47(36)56(43)51-20-10-8-18-49(51)54;1-3-14-38-29(9-1)11-8-18-39(38)36-23-22-33-25-32(20-21-34(33)27-36)31-12-7-13-35(26-31)43-28-37-24-19-30-10-2-4-15-40(30)44(37)42-17-6-5-16-41(42)43;1-2-10-31-24-34(18-16-29(31)8-1)36-22-21-35-25-33(19-20-37(35)26-36)32-11-7-12-38(27-32)43-28-39-23-17-30-9-3-4-13-40(30)44(39)42-15-6-5-14-41(42)43/h1-34H;2*1-28H. The highest BCUT2D eigenvalue weighted by molar-refractivity contribution is 6.28. The Morgan fingerprint density at radius 3 is 0.611 bits per heavy atom. The summed E-state index contributed by atoms with van der Waals surface area (Å²) in [5.74, 6) is 0. The van der Waals surface area contributed by atoms with Crippen LogP contribution in [-0.2, 0) is 0 Å². The van der Waals surface area contributed by atoms with Gasteiger partial charge in [0.25, 0.3) is 0 Å². The zero-order valence-corrected chi connectivity index (χ0v) is 79.0. The van der Waals surface area contributed by atoms with Crippen molar-refractivity contribution in [3.63, 3.8) is 0 Å². The Kier molecular flexibility index (Phi) is 20.1. The molecule has 0 aromatic heterocycles. The molecule has 0 amide bonds. The van der Waals surface area contributed by atoms with Crippen molar-refractivity contribution < 1.29 is 0 Å². The topological polar surface area (TPSA) is 0 Å². The Bertz CT molecular complexity index is 10600. The van der Waals surface area contributed by atoms with E-state index in [2.05, 4.69) is 546 Å². The van der Waals surface area contributed by atoms with E-state index in [0.29, 0.717) is 0 Å². The molecule has 0 aliphatic rings. The average Bonchev–Trinajstić information content (AvgIpc) is 0.749. The Balaban J connectivity index is 0.000000106. The van der Waals surface area contributed by atoms with E-state index in [-0.39, 0.29) is 0 Å². The van der Waals surface area contributed by atoms with E-state index in [0.717, 1.165) is 0 Å². The van der Waals surface area contributed by atoms with Crippen molar-refractivity contribution in [1.82, 2.24) is 0 Å². The van der Waals surface area contributed by atoms with Gasteiger partial charge >= 0.3 is 0 Å². The Morgan fingerprint density at radius 2 is 0.257 bits per heavy atom. The minimum absolute atomic E-state index is 1.22. The first-order chi connectivity index (χ1) is 71.3. The Hall–Kier alpha value is -18.7. The van der Waals surface area contributed by atoms with Gasteiger partial charge in [0.05, 0.1) is 0 Å². The van der Waals surface area contributed by atoms with Gasteiger partial charge < -0.3 is 0 Å². The lowest BCUT2D eigenvalue weighted by atomic mass is 9.87. The summed E-state index contributed by atoms with van der Waals surface area (Å²) in [6, 6.07) is 201. The summed E-state index contributed by atoms with van der Waals surface area (Å²) < 4.78 is 0. The zero-order valence-electron chi connectivity index (χ0n) is 79.0. The first-order valence-electron chi connectivity index (χ1n) is 50.0. The van der Waals surface area contributed by atoms with E-state index in [1.165, 1.54) is 294 Å². The van der Waals surface area contributed by atoms with E-state index in [4.69, 9.17) is 0 Å². The van der Waals surface area contributed by atoms with Gasteiger partial charge in [-0.2, -0.15) is 0 Å². The van der Waals surface area contributed by atoms with Crippen LogP contribution in [0.4, 0.5) is 0 Å². The maximum absolute atomic E-state index is 2.41. The number of hydrogen-bond acceptors (Lipinski definition) is 0. The highest BCUT2D eigenvalue weighted by Crippen LogP contribution is 2.48. The van der Waals surface area contributed by atoms with Crippen LogP contribution in [0.1, 0.15) is 0 Å². The van der Waals surface area contributed by atoms with Crippen molar-refractivity contribution in [2.75, 3.05) is 0 Å². The van der Waals surface area contributed by atoms with Gasteiger partial charge in [0.2, 0.25) is 0 Å². The van der Waals surface area contributed by atoms with Crippen LogP contribution in [-0.4, -0.2) is 0 Å². The van der Waals surface area contributed by atoms with Gasteiger partial charge in [0, 0.05) is 0 Å². The zero-order chi connectivity index (χ0) is 94.8. The van der Waals surface area contributed by atoms with Crippen LogP contribution in [0.2, 0.25) is 0 Å². The first-order valence-corrected chi connectivity index (χ1v) is 50.0. The second-order valence-electron chi connectivity index (χ2n) is 38.7. The summed E-state index contributed by atoms with van der Waals surface area (Å²) in [5.41, 5.74) is 22.4. The van der Waals surface area contributed by atoms with E-state index in [1.54, 1.807) is 0 Å². The predicted molar refractivity (Wildman–Crippen MR) is 623 cm³/mol. The molecule has 0 saturated heterocycles. The molecule has 0 spiro atoms. The molecule has 0 N–H and O–H groups in total. The van der Waals surface area contributed by atoms with Gasteiger partial charge in [-0.05, 0) is 385 Å². The van der Waals surface area contributed by atoms with Crippen LogP contribution in [0.15, 0.2) is 546 Å². The molecule has 30 aromatic rings. The molecule has 0 aliphatic carbocycles. The van der Waals surface area contributed by atoms with Crippen LogP contribution >= 0.6 is 0 Å². The molecule has 0 atom stereocenters. The number of hydrogen-bond donors (Lipinski definition) is 0. The molecular formula is C144H90. The third kappa shape index (κ3) is 14.6. The van der Waals surface area contributed by atoms with Crippen molar-refractivity contribution in [2.24, 2.45) is 0 Å². The van der Waals surface area contributed by atoms with E-state index < -0.39 is 0 Å². The van der Waals surface area contributed by atoms with E-state index in [1.807, 2.05) is 0 Å². The van der Waals surface area contributed by atoms with Crippen LogP contribution in [0.5, 0.6) is 0 Å². The summed E-state index contributed by atoms with van der Waals surface area (Å²) >= 11 is 0. The summed E-state index contributed by atoms with van der Waals surface area (Å²) in [6.07, 6.45) is 0. The quantitative estimate of drug-likeness (QED) is 0.126. The van der Waals surface area contributed by atoms with Crippen molar-refractivity contribution >= 4 is 194 Å². The number of benzene rings is 30. The van der Waals surface area contributed by atoms with Gasteiger partial charge in [-0.3, -0.25) is 0 Å². The summed E-state index contributed by atoms with van der Waals surface area (Å²) in [4.78, 5) is 0. The molecule has 0 aliphatic heterocycles. The van der Waals surface area contributed by atoms with Crippen LogP contribution < -0.4 is 0 Å². The third-order valence-corrected chi connectivity index (χ3v) is 30.5. The molecule has 0 saturated carbocycles. The van der Waals surface area contributed by atoms with E-state index in [9.17, 15) is 0 Å². The molecular weight excluding hydrogens is 1730 g/mol. The van der Waals surface area contributed by atoms with Gasteiger partial charge in [-0.25, -0.2) is 0 Å². The molecule has 0 radical (unpaired) electrons. The van der Waals surface area contributed by atoms with Gasteiger partial charge in [0.15, 0.2) is 0 Å². The van der Waals surface area contributed by atoms with Crippen LogP contribution in [0, 0.1) is 0 Å². The van der Waals surface area contributed by atoms with Gasteiger partial charge in [0.1, 0.15) is 0 Å². The highest BCUT2D eigenvalue weighted by atomic mass is 14.3. The van der Waals surface area contributed by atoms with E-state index >= 15 is 0 Å². The fourth-order valence-electron chi connectivity index (χ4n) is 23.5. The van der Waals surface area contributed by atoms with Crippen molar-refractivity contribution in [3.05, 3.63) is 546 Å². The maximum Gasteiger partial charge on any atom is -0.00264 e. The third-order valence-electron chi connectivity index (χ3n) is 30.5. The lowest BCUT2D eigenvalue weighted by Gasteiger charge is -2.16. The average molecular weight is 1820 g/mol. The summed E-state index contributed by atoms with van der Waals surface area (Å²) in [5, 5.41) is 46.1. The van der Waals surface area contributed by atoms with Crippen molar-refractivity contribution in [1.29, 1.82) is 0 Å². The predicted octanol–water partition coefficient (Wildman–Crippen LogP) is 40.8. The minimum Gasteiger partial charge on any atom is -0.0616 e. The first kappa shape index (κ1) is 83.4. The van der Waals surface area contributed by atoms with Crippen LogP contribution in [0.25, 0.3) is 294 Å². The fourth-order valence-corrected chi connectivity index (χ4v) is 23.5. The SMILES string of the molecule is c1cc(-c2ccc3cc(-c4ccc5ccccc5c4)ccc3c2)cc(-c2cc3ccc4ccccc4c3c3ccccc23)c1.c1cc(-c2ccc3cc(-c4cccc5ccccc45)ccc3c2)cc(-c2cc3ccc4ccccc4c3c3ccccc23)c1.c1ccc2c(-c3ccc4cc(-c5cc6ccc7ccccc7c6c6ccccc56)ccc4c3)cc(-c3cc4ccc5ccccc5c4c4ccccc34)cc2c1. The Labute approximate surface area is 833 Å². The molecule has 0 unspecified atom stereocenters. The second kappa shape index (κ2) is 34.7. The molecule has 30 aromatic carbocycles. The number of rotatable bonds is 9. The molecule has 0 fully saturated rings. The normalized spacial score (nSPS) is 11.8. The van der Waals surface area contributed by atoms with Crippen molar-refractivity contribution in [3.8, 4) is 100 Å². The molecule has 30 rings (SSSR count). The van der Waals surface area contributed by atoms with Crippen molar-refractivity contribution in [2.45, 2.75) is 0 Å². The molecule has 144 heavy (non-hydrogen) atoms. The molecule has 0 heteroatoms. The van der Waals surface area contributed by atoms with Gasteiger partial charge in [-0.1, -0.05) is 455 Å². The van der Waals surface area contributed by atoms with Gasteiger partial charge in [-0.15, -0.1) is 0 Å². The van der Waals surface area contributed by atoms with Crippen LogP contribution in [0.3, 0.4) is 0 Å². The second-order valence-corrected chi connectivity index (χ2v) is 38.7. The number of fused-ring (bicyclic) bond motifs is 26. The highest BCUT2D eigenvalue weighted by Gasteiger charge is 2.21. The largest absolute Gasteiger partial charge is 0.0616 e. The lowest BCUT2D eigenvalue weighted by molar-refractivity contribution is 1.62. The monoisotopic (exact) mass is 1820 g/mol. The Morgan fingerprint density at radius 1 is 0.0694 bits per heavy atom. The smallest absolute Gasteiger partial charge is 0.00264 e. The molecule has 0 nitrogen and oxygen atoms in total. The minimum atomic E-state index is 1.22. The molecule has 0 bridgehead atoms. The molecule has 666 valence electrons. The fraction of sp³-hybridized carbons (Fsp3) is 0.